The van der Waals surface area contributed by atoms with Crippen LogP contribution in [0.5, 0.6) is 0 Å². The Labute approximate surface area is 149 Å². The minimum absolute atomic E-state index is 0.0389. The SMILES string of the molecule is CCCC(=O)OC[C@@H](O)CN(Cc1ccccc1)Cc1cccn1C. The first-order chi connectivity index (χ1) is 12.1. The molecule has 0 aliphatic rings. The molecule has 0 saturated heterocycles. The molecule has 0 aliphatic carbocycles. The predicted molar refractivity (Wildman–Crippen MR) is 97.8 cm³/mol. The zero-order chi connectivity index (χ0) is 18.1. The van der Waals surface area contributed by atoms with E-state index >= 15 is 0 Å². The molecule has 0 spiro atoms. The fraction of sp³-hybridized carbons (Fsp3) is 0.450. The van der Waals surface area contributed by atoms with Crippen LogP contribution >= 0.6 is 0 Å². The van der Waals surface area contributed by atoms with Gasteiger partial charge in [0.2, 0.25) is 0 Å². The van der Waals surface area contributed by atoms with E-state index in [4.69, 9.17) is 4.74 Å². The van der Waals surface area contributed by atoms with Crippen LogP contribution in [-0.2, 0) is 29.7 Å². The smallest absolute Gasteiger partial charge is 0.305 e. The third-order valence-electron chi connectivity index (χ3n) is 4.05. The maximum Gasteiger partial charge on any atom is 0.305 e. The summed E-state index contributed by atoms with van der Waals surface area (Å²) in [5.41, 5.74) is 2.36. The summed E-state index contributed by atoms with van der Waals surface area (Å²) in [6, 6.07) is 14.3. The highest BCUT2D eigenvalue weighted by molar-refractivity contribution is 5.69. The zero-order valence-corrected chi connectivity index (χ0v) is 15.1. The average Bonchev–Trinajstić information content (AvgIpc) is 2.99. The first kappa shape index (κ1) is 19.2. The fourth-order valence-electron chi connectivity index (χ4n) is 2.73. The number of aliphatic hydroxyl groups excluding tert-OH is 1. The maximum atomic E-state index is 11.5. The number of rotatable bonds is 10. The lowest BCUT2D eigenvalue weighted by atomic mass is 10.2. The molecular weight excluding hydrogens is 316 g/mol. The summed E-state index contributed by atoms with van der Waals surface area (Å²) in [7, 11) is 2.01. The van der Waals surface area contributed by atoms with Crippen molar-refractivity contribution in [1.82, 2.24) is 9.47 Å². The Kier molecular flexibility index (Phi) is 7.70. The van der Waals surface area contributed by atoms with Gasteiger partial charge < -0.3 is 14.4 Å². The lowest BCUT2D eigenvalue weighted by Crippen LogP contribution is -2.35. The Morgan fingerprint density at radius 2 is 1.96 bits per heavy atom. The first-order valence-electron chi connectivity index (χ1n) is 8.78. The Balaban J connectivity index is 1.96. The molecular formula is C20H28N2O3. The Morgan fingerprint density at radius 1 is 1.20 bits per heavy atom. The average molecular weight is 344 g/mol. The molecule has 0 radical (unpaired) electrons. The lowest BCUT2D eigenvalue weighted by Gasteiger charge is -2.25. The van der Waals surface area contributed by atoms with Gasteiger partial charge in [-0.05, 0) is 24.1 Å². The second kappa shape index (κ2) is 10.0. The molecule has 25 heavy (non-hydrogen) atoms. The quantitative estimate of drug-likeness (QED) is 0.674. The molecule has 2 rings (SSSR count). The summed E-state index contributed by atoms with van der Waals surface area (Å²) in [5.74, 6) is -0.251. The first-order valence-corrected chi connectivity index (χ1v) is 8.78. The van der Waals surface area contributed by atoms with Crippen LogP contribution in [0.3, 0.4) is 0 Å². The molecule has 5 heteroatoms. The van der Waals surface area contributed by atoms with Gasteiger partial charge in [-0.3, -0.25) is 9.69 Å². The molecule has 1 heterocycles. The van der Waals surface area contributed by atoms with E-state index in [-0.39, 0.29) is 12.6 Å². The molecule has 0 unspecified atom stereocenters. The van der Waals surface area contributed by atoms with Crippen molar-refractivity contribution >= 4 is 5.97 Å². The van der Waals surface area contributed by atoms with E-state index in [9.17, 15) is 9.90 Å². The zero-order valence-electron chi connectivity index (χ0n) is 15.1. The van der Waals surface area contributed by atoms with Crippen LogP contribution in [0.1, 0.15) is 31.0 Å². The molecule has 1 aromatic heterocycles. The van der Waals surface area contributed by atoms with Crippen molar-refractivity contribution in [3.8, 4) is 0 Å². The number of esters is 1. The van der Waals surface area contributed by atoms with Gasteiger partial charge in [-0.1, -0.05) is 37.3 Å². The molecule has 0 amide bonds. The summed E-state index contributed by atoms with van der Waals surface area (Å²) in [6.45, 7) is 3.86. The summed E-state index contributed by atoms with van der Waals surface area (Å²) in [4.78, 5) is 13.6. The normalized spacial score (nSPS) is 12.3. The number of aryl methyl sites for hydroxylation is 1. The van der Waals surface area contributed by atoms with Crippen LogP contribution in [0.15, 0.2) is 48.7 Å². The van der Waals surface area contributed by atoms with E-state index in [0.29, 0.717) is 13.0 Å². The molecule has 0 fully saturated rings. The third-order valence-corrected chi connectivity index (χ3v) is 4.05. The van der Waals surface area contributed by atoms with E-state index in [1.807, 2.05) is 44.4 Å². The van der Waals surface area contributed by atoms with Crippen molar-refractivity contribution in [2.75, 3.05) is 13.2 Å². The fourth-order valence-corrected chi connectivity index (χ4v) is 2.73. The number of nitrogens with zero attached hydrogens (tertiary/aromatic N) is 2. The van der Waals surface area contributed by atoms with Crippen LogP contribution in [0.2, 0.25) is 0 Å². The summed E-state index contributed by atoms with van der Waals surface area (Å²) in [5, 5.41) is 10.3. The van der Waals surface area contributed by atoms with E-state index in [1.54, 1.807) is 0 Å². The van der Waals surface area contributed by atoms with Crippen molar-refractivity contribution in [3.05, 3.63) is 59.9 Å². The lowest BCUT2D eigenvalue weighted by molar-refractivity contribution is -0.147. The molecule has 1 atom stereocenters. The second-order valence-electron chi connectivity index (χ2n) is 6.35. The van der Waals surface area contributed by atoms with Gasteiger partial charge in [-0.2, -0.15) is 0 Å². The van der Waals surface area contributed by atoms with Crippen LogP contribution in [0.4, 0.5) is 0 Å². The van der Waals surface area contributed by atoms with Crippen LogP contribution in [0.25, 0.3) is 0 Å². The minimum Gasteiger partial charge on any atom is -0.463 e. The van der Waals surface area contributed by atoms with Gasteiger partial charge in [-0.15, -0.1) is 0 Å². The van der Waals surface area contributed by atoms with Crippen molar-refractivity contribution in [3.63, 3.8) is 0 Å². The van der Waals surface area contributed by atoms with Gasteiger partial charge in [0, 0.05) is 45.0 Å². The van der Waals surface area contributed by atoms with Gasteiger partial charge in [0.05, 0.1) is 0 Å². The molecule has 1 N–H and O–H groups in total. The molecule has 0 bridgehead atoms. The number of hydrogen-bond donors (Lipinski definition) is 1. The monoisotopic (exact) mass is 344 g/mol. The van der Waals surface area contributed by atoms with Crippen molar-refractivity contribution in [2.24, 2.45) is 7.05 Å². The van der Waals surface area contributed by atoms with Crippen LogP contribution < -0.4 is 0 Å². The highest BCUT2D eigenvalue weighted by atomic mass is 16.5. The molecule has 2 aromatic rings. The molecule has 1 aromatic carbocycles. The van der Waals surface area contributed by atoms with E-state index in [0.717, 1.165) is 19.5 Å². The van der Waals surface area contributed by atoms with Crippen molar-refractivity contribution in [2.45, 2.75) is 39.0 Å². The topological polar surface area (TPSA) is 54.7 Å². The second-order valence-corrected chi connectivity index (χ2v) is 6.35. The van der Waals surface area contributed by atoms with Crippen LogP contribution in [0, 0.1) is 0 Å². The van der Waals surface area contributed by atoms with Gasteiger partial charge >= 0.3 is 5.97 Å². The van der Waals surface area contributed by atoms with E-state index in [1.165, 1.54) is 11.3 Å². The number of ether oxygens (including phenoxy) is 1. The Morgan fingerprint density at radius 3 is 2.60 bits per heavy atom. The summed E-state index contributed by atoms with van der Waals surface area (Å²) < 4.78 is 7.21. The molecule has 136 valence electrons. The number of benzene rings is 1. The van der Waals surface area contributed by atoms with Gasteiger partial charge in [0.1, 0.15) is 12.7 Å². The molecule has 5 nitrogen and oxygen atoms in total. The predicted octanol–water partition coefficient (Wildman–Crippen LogP) is 2.73. The van der Waals surface area contributed by atoms with Gasteiger partial charge in [0.15, 0.2) is 0 Å². The van der Waals surface area contributed by atoms with Gasteiger partial charge in [0.25, 0.3) is 0 Å². The van der Waals surface area contributed by atoms with Crippen molar-refractivity contribution < 1.29 is 14.6 Å². The summed E-state index contributed by atoms with van der Waals surface area (Å²) >= 11 is 0. The number of carbonyl (C=O) groups excluding carboxylic acids is 1. The largest absolute Gasteiger partial charge is 0.463 e. The number of aliphatic hydroxyl groups is 1. The number of hydrogen-bond acceptors (Lipinski definition) is 4. The van der Waals surface area contributed by atoms with E-state index in [2.05, 4.69) is 27.7 Å². The Hall–Kier alpha value is -2.11. The van der Waals surface area contributed by atoms with Crippen molar-refractivity contribution in [1.29, 1.82) is 0 Å². The minimum atomic E-state index is -0.704. The maximum absolute atomic E-state index is 11.5. The number of aromatic nitrogens is 1. The standard InChI is InChI=1S/C20H28N2O3/c1-3-8-20(24)25-16-19(23)15-22(13-17-9-5-4-6-10-17)14-18-11-7-12-21(18)2/h4-7,9-12,19,23H,3,8,13-16H2,1-2H3/t19-/m0/s1. The van der Waals surface area contributed by atoms with E-state index < -0.39 is 6.10 Å². The number of carbonyl (C=O) groups is 1. The van der Waals surface area contributed by atoms with Gasteiger partial charge in [-0.25, -0.2) is 0 Å². The molecule has 0 aliphatic heterocycles. The van der Waals surface area contributed by atoms with Crippen LogP contribution in [-0.4, -0.2) is 39.8 Å². The highest BCUT2D eigenvalue weighted by Gasteiger charge is 2.16. The molecule has 0 saturated carbocycles. The third kappa shape index (κ3) is 6.72. The highest BCUT2D eigenvalue weighted by Crippen LogP contribution is 2.11. The Bertz CT molecular complexity index is 639. The summed E-state index contributed by atoms with van der Waals surface area (Å²) in [6.07, 6.45) is 2.45.